The van der Waals surface area contributed by atoms with Gasteiger partial charge in [0.1, 0.15) is 0 Å². The summed E-state index contributed by atoms with van der Waals surface area (Å²) >= 11 is 13.6. The number of nitrogens with zero attached hydrogens (tertiary/aromatic N) is 3. The molecule has 0 spiro atoms. The van der Waals surface area contributed by atoms with Gasteiger partial charge in [-0.05, 0) is 36.8 Å². The van der Waals surface area contributed by atoms with Crippen LogP contribution in [-0.2, 0) is 7.05 Å². The topological polar surface area (TPSA) is 29.6 Å². The molecule has 3 aromatic rings. The zero-order valence-electron chi connectivity index (χ0n) is 12.0. The van der Waals surface area contributed by atoms with Gasteiger partial charge in [-0.3, -0.25) is 0 Å². The summed E-state index contributed by atoms with van der Waals surface area (Å²) in [5.74, 6) is 0. The van der Waals surface area contributed by atoms with Crippen molar-refractivity contribution >= 4 is 50.5 Å². The summed E-state index contributed by atoms with van der Waals surface area (Å²) in [6.45, 7) is 1.90. The fourth-order valence-electron chi connectivity index (χ4n) is 2.07. The number of fused-ring (bicyclic) bond motifs is 1. The molecule has 6 heteroatoms. The molecule has 0 saturated heterocycles. The molecule has 0 atom stereocenters. The Morgan fingerprint density at radius 3 is 2.59 bits per heavy atom. The minimum absolute atomic E-state index is 0.515. The SMILES string of the molecule is CC(=NN=c1sc2ccccc2n1C)c1ccc(Cl)c(Cl)c1. The molecule has 22 heavy (non-hydrogen) atoms. The molecule has 2 aromatic carbocycles. The lowest BCUT2D eigenvalue weighted by Crippen LogP contribution is -2.09. The summed E-state index contributed by atoms with van der Waals surface area (Å²) in [4.78, 5) is 0.848. The van der Waals surface area contributed by atoms with Gasteiger partial charge in [0.25, 0.3) is 0 Å². The van der Waals surface area contributed by atoms with Gasteiger partial charge in [0, 0.05) is 7.05 Å². The van der Waals surface area contributed by atoms with E-state index in [1.165, 1.54) is 4.70 Å². The van der Waals surface area contributed by atoms with Crippen molar-refractivity contribution in [1.29, 1.82) is 0 Å². The predicted molar refractivity (Wildman–Crippen MR) is 95.0 cm³/mol. The minimum Gasteiger partial charge on any atom is -0.318 e. The van der Waals surface area contributed by atoms with Gasteiger partial charge in [0.05, 0.1) is 26.0 Å². The minimum atomic E-state index is 0.515. The average molecular weight is 350 g/mol. The molecule has 3 nitrogen and oxygen atoms in total. The lowest BCUT2D eigenvalue weighted by atomic mass is 10.1. The van der Waals surface area contributed by atoms with E-state index >= 15 is 0 Å². The van der Waals surface area contributed by atoms with Crippen LogP contribution in [0.25, 0.3) is 10.2 Å². The van der Waals surface area contributed by atoms with Crippen molar-refractivity contribution in [3.63, 3.8) is 0 Å². The molecule has 1 heterocycles. The molecule has 0 unspecified atom stereocenters. The smallest absolute Gasteiger partial charge is 0.211 e. The summed E-state index contributed by atoms with van der Waals surface area (Å²) in [6.07, 6.45) is 0. The molecule has 0 aliphatic heterocycles. The third kappa shape index (κ3) is 2.95. The standard InChI is InChI=1S/C16H13Cl2N3S/c1-10(11-7-8-12(17)13(18)9-11)19-20-16-21(2)14-5-3-4-6-15(14)22-16/h3-9H,1-2H3. The number of aromatic nitrogens is 1. The van der Waals surface area contributed by atoms with Crippen molar-refractivity contribution in [2.24, 2.45) is 17.3 Å². The van der Waals surface area contributed by atoms with Gasteiger partial charge in [-0.1, -0.05) is 52.7 Å². The fourth-order valence-corrected chi connectivity index (χ4v) is 3.34. The molecular weight excluding hydrogens is 337 g/mol. The molecule has 0 aliphatic carbocycles. The highest BCUT2D eigenvalue weighted by atomic mass is 35.5. The quantitative estimate of drug-likeness (QED) is 0.466. The predicted octanol–water partition coefficient (Wildman–Crippen LogP) is 4.87. The first kappa shape index (κ1) is 15.3. The van der Waals surface area contributed by atoms with Crippen molar-refractivity contribution in [2.45, 2.75) is 6.92 Å². The van der Waals surface area contributed by atoms with E-state index in [-0.39, 0.29) is 0 Å². The first-order valence-corrected chi connectivity index (χ1v) is 8.22. The van der Waals surface area contributed by atoms with Crippen LogP contribution in [-0.4, -0.2) is 10.3 Å². The van der Waals surface area contributed by atoms with E-state index in [0.717, 1.165) is 21.6 Å². The van der Waals surface area contributed by atoms with Gasteiger partial charge in [-0.25, -0.2) is 0 Å². The zero-order valence-corrected chi connectivity index (χ0v) is 14.4. The molecule has 0 amide bonds. The molecule has 0 radical (unpaired) electrons. The lowest BCUT2D eigenvalue weighted by Gasteiger charge is -2.00. The summed E-state index contributed by atoms with van der Waals surface area (Å²) in [5.41, 5.74) is 2.84. The molecule has 0 bridgehead atoms. The number of hydrogen-bond acceptors (Lipinski definition) is 3. The van der Waals surface area contributed by atoms with E-state index in [1.54, 1.807) is 23.5 Å². The molecule has 112 valence electrons. The van der Waals surface area contributed by atoms with Crippen LogP contribution in [0.3, 0.4) is 0 Å². The van der Waals surface area contributed by atoms with Gasteiger partial charge in [0.2, 0.25) is 4.80 Å². The van der Waals surface area contributed by atoms with Gasteiger partial charge in [-0.15, -0.1) is 5.10 Å². The molecule has 0 N–H and O–H groups in total. The van der Waals surface area contributed by atoms with E-state index in [0.29, 0.717) is 10.0 Å². The Balaban J connectivity index is 2.03. The van der Waals surface area contributed by atoms with Crippen LogP contribution in [0.15, 0.2) is 52.7 Å². The van der Waals surface area contributed by atoms with Crippen LogP contribution in [0.4, 0.5) is 0 Å². The summed E-state index contributed by atoms with van der Waals surface area (Å²) in [6, 6.07) is 13.6. The Labute approximate surface area is 142 Å². The second kappa shape index (κ2) is 6.24. The Kier molecular flexibility index (Phi) is 4.34. The maximum absolute atomic E-state index is 6.03. The van der Waals surface area contributed by atoms with E-state index < -0.39 is 0 Å². The van der Waals surface area contributed by atoms with Crippen LogP contribution in [0.1, 0.15) is 12.5 Å². The first-order chi connectivity index (χ1) is 10.6. The average Bonchev–Trinajstić information content (AvgIpc) is 2.84. The van der Waals surface area contributed by atoms with Crippen LogP contribution in [0.2, 0.25) is 10.0 Å². The number of thiazole rings is 1. The van der Waals surface area contributed by atoms with Gasteiger partial charge in [0.15, 0.2) is 0 Å². The monoisotopic (exact) mass is 349 g/mol. The highest BCUT2D eigenvalue weighted by Crippen LogP contribution is 2.23. The Hall–Kier alpha value is -1.62. The van der Waals surface area contributed by atoms with Crippen molar-refractivity contribution in [2.75, 3.05) is 0 Å². The van der Waals surface area contributed by atoms with Crippen molar-refractivity contribution in [3.8, 4) is 0 Å². The van der Waals surface area contributed by atoms with Gasteiger partial charge < -0.3 is 4.57 Å². The highest BCUT2D eigenvalue weighted by Gasteiger charge is 2.03. The normalized spacial score (nSPS) is 13.1. The number of rotatable bonds is 2. The molecule has 0 fully saturated rings. The van der Waals surface area contributed by atoms with Crippen molar-refractivity contribution in [3.05, 3.63) is 62.9 Å². The first-order valence-electron chi connectivity index (χ1n) is 6.64. The summed E-state index contributed by atoms with van der Waals surface area (Å²) < 4.78 is 3.22. The lowest BCUT2D eigenvalue weighted by molar-refractivity contribution is 0.888. The van der Waals surface area contributed by atoms with E-state index in [1.807, 2.05) is 36.7 Å². The van der Waals surface area contributed by atoms with Gasteiger partial charge in [-0.2, -0.15) is 5.10 Å². The van der Waals surface area contributed by atoms with E-state index in [2.05, 4.69) is 22.3 Å². The fraction of sp³-hybridized carbons (Fsp3) is 0.125. The van der Waals surface area contributed by atoms with Crippen LogP contribution >= 0.6 is 34.5 Å². The molecule has 3 rings (SSSR count). The van der Waals surface area contributed by atoms with Crippen molar-refractivity contribution in [1.82, 2.24) is 4.57 Å². The number of benzene rings is 2. The van der Waals surface area contributed by atoms with Crippen LogP contribution < -0.4 is 4.80 Å². The third-order valence-corrected chi connectivity index (χ3v) is 5.18. The Morgan fingerprint density at radius 1 is 1.09 bits per heavy atom. The largest absolute Gasteiger partial charge is 0.318 e. The highest BCUT2D eigenvalue weighted by molar-refractivity contribution is 7.16. The van der Waals surface area contributed by atoms with E-state index in [4.69, 9.17) is 23.2 Å². The van der Waals surface area contributed by atoms with Crippen LogP contribution in [0, 0.1) is 0 Å². The maximum Gasteiger partial charge on any atom is 0.211 e. The number of hydrogen-bond donors (Lipinski definition) is 0. The summed E-state index contributed by atoms with van der Waals surface area (Å²) in [5, 5.41) is 9.73. The van der Waals surface area contributed by atoms with E-state index in [9.17, 15) is 0 Å². The number of halogens is 2. The number of aryl methyl sites for hydroxylation is 1. The zero-order chi connectivity index (χ0) is 15.7. The second-order valence-corrected chi connectivity index (χ2v) is 6.65. The summed E-state index contributed by atoms with van der Waals surface area (Å²) in [7, 11) is 1.99. The maximum atomic E-state index is 6.03. The molecular formula is C16H13Cl2N3S. The molecule has 1 aromatic heterocycles. The number of para-hydroxylation sites is 1. The molecule has 0 saturated carbocycles. The second-order valence-electron chi connectivity index (χ2n) is 4.83. The van der Waals surface area contributed by atoms with Crippen molar-refractivity contribution < 1.29 is 0 Å². The Bertz CT molecular complexity index is 938. The Morgan fingerprint density at radius 2 is 1.86 bits per heavy atom. The van der Waals surface area contributed by atoms with Gasteiger partial charge >= 0.3 is 0 Å². The van der Waals surface area contributed by atoms with Crippen LogP contribution in [0.5, 0.6) is 0 Å². The third-order valence-electron chi connectivity index (χ3n) is 3.34. The molecule has 0 aliphatic rings.